The first-order valence-electron chi connectivity index (χ1n) is 21.3. The van der Waals surface area contributed by atoms with Crippen molar-refractivity contribution < 1.29 is 52.4 Å². The number of benzene rings is 3. The number of aliphatic carboxylic acids is 1. The molecule has 0 bridgehead atoms. The number of nitrogens with one attached hydrogen (secondary N) is 1. The fourth-order valence-corrected chi connectivity index (χ4v) is 9.19. The number of ether oxygens (including phenoxy) is 4. The van der Waals surface area contributed by atoms with Crippen molar-refractivity contribution >= 4 is 41.2 Å². The topological polar surface area (TPSA) is 171 Å². The number of likely N-dealkylation sites (tertiary alicyclic amines) is 4. The normalized spacial score (nSPS) is 22.8. The van der Waals surface area contributed by atoms with Gasteiger partial charge >= 0.3 is 30.3 Å². The summed E-state index contributed by atoms with van der Waals surface area (Å²) in [6.07, 6.45) is 1.09. The minimum atomic E-state index is -1.04. The number of rotatable bonds is 6. The maximum atomic E-state index is 13.8. The average molecular weight is 870 g/mol. The second-order valence-corrected chi connectivity index (χ2v) is 18.4. The lowest BCUT2D eigenvalue weighted by Crippen LogP contribution is -2.46. The Bertz CT molecular complexity index is 2290. The summed E-state index contributed by atoms with van der Waals surface area (Å²) in [5, 5.41) is 10.5. The molecule has 4 aromatic rings. The Morgan fingerprint density at radius 2 is 1.16 bits per heavy atom. The minimum Gasteiger partial charge on any atom is -0.481 e. The van der Waals surface area contributed by atoms with Crippen LogP contribution in [0.4, 0.5) is 23.6 Å². The average Bonchev–Trinajstić information content (AvgIpc) is 4.06. The van der Waals surface area contributed by atoms with Crippen LogP contribution in [0.15, 0.2) is 85.1 Å². The quantitative estimate of drug-likeness (QED) is 0.180. The van der Waals surface area contributed by atoms with E-state index in [9.17, 15) is 33.5 Å². The Hall–Kier alpha value is -6.32. The molecule has 2 N–H and O–H groups in total. The van der Waals surface area contributed by atoms with Crippen molar-refractivity contribution in [2.24, 2.45) is 5.92 Å². The summed E-state index contributed by atoms with van der Waals surface area (Å²) in [5.74, 6) is -2.40. The van der Waals surface area contributed by atoms with E-state index in [0.29, 0.717) is 38.0 Å². The Balaban J connectivity index is 0.000000194. The molecular formula is C47H56FN5O10. The zero-order valence-corrected chi connectivity index (χ0v) is 36.5. The maximum Gasteiger partial charge on any atom is 0.410 e. The first-order valence-corrected chi connectivity index (χ1v) is 21.3. The monoisotopic (exact) mass is 869 g/mol. The third kappa shape index (κ3) is 10.2. The van der Waals surface area contributed by atoms with Gasteiger partial charge in [0, 0.05) is 49.2 Å². The van der Waals surface area contributed by atoms with Gasteiger partial charge in [-0.3, -0.25) is 4.79 Å². The summed E-state index contributed by atoms with van der Waals surface area (Å²) >= 11 is 0. The number of aromatic amines is 1. The molecule has 1 aromatic heterocycles. The van der Waals surface area contributed by atoms with Crippen LogP contribution >= 0.6 is 0 Å². The van der Waals surface area contributed by atoms with Crippen LogP contribution in [-0.2, 0) is 37.0 Å². The number of hydrogen-bond acceptors (Lipinski definition) is 9. The smallest absolute Gasteiger partial charge is 0.410 e. The number of nitrogens with zero attached hydrogens (tertiary/aromatic N) is 4. The molecule has 16 heteroatoms. The summed E-state index contributed by atoms with van der Waals surface area (Å²) in [6.45, 7) is 12.3. The van der Waals surface area contributed by atoms with Crippen molar-refractivity contribution in [3.05, 3.63) is 108 Å². The number of fused-ring (bicyclic) bond motifs is 3. The largest absolute Gasteiger partial charge is 0.481 e. The maximum absolute atomic E-state index is 13.8. The van der Waals surface area contributed by atoms with Crippen molar-refractivity contribution in [2.45, 2.75) is 109 Å². The Kier molecular flexibility index (Phi) is 12.9. The first-order chi connectivity index (χ1) is 29.9. The van der Waals surface area contributed by atoms with Crippen molar-refractivity contribution in [1.82, 2.24) is 24.6 Å². The fraction of sp³-hybridized carbons (Fsp3) is 0.468. The number of carbonyl (C=O) groups is 5. The van der Waals surface area contributed by atoms with Gasteiger partial charge < -0.3 is 48.6 Å². The van der Waals surface area contributed by atoms with Gasteiger partial charge in [0.05, 0.1) is 30.1 Å². The molecule has 6 atom stereocenters. The van der Waals surface area contributed by atoms with Crippen LogP contribution in [0.25, 0.3) is 10.9 Å². The SMILES string of the molecule is CC(C)(C)OC(=O)N1CC[C@@H]2[C@H]1C(c1c[nH]c3cc(F)ccc13)CN2C(=O)OCc1ccccc1.CC(C)(C)OC(=O)N1CC[C@@H]2[C@H]1[C@@H](C(=O)O)CN2C(=O)OCc1ccccc1. The molecule has 15 nitrogen and oxygen atoms in total. The summed E-state index contributed by atoms with van der Waals surface area (Å²) < 4.78 is 36.0. The molecule has 4 amide bonds. The van der Waals surface area contributed by atoms with Crippen LogP contribution in [0, 0.1) is 11.7 Å². The van der Waals surface area contributed by atoms with E-state index in [1.807, 2.05) is 87.6 Å². The number of halogens is 1. The number of hydrogen-bond donors (Lipinski definition) is 2. The summed E-state index contributed by atoms with van der Waals surface area (Å²) in [7, 11) is 0. The number of amides is 4. The van der Waals surface area contributed by atoms with E-state index in [1.54, 1.807) is 36.6 Å². The number of carboxylic acid groups (broad SMARTS) is 1. The van der Waals surface area contributed by atoms with E-state index in [-0.39, 0.29) is 49.7 Å². The van der Waals surface area contributed by atoms with Gasteiger partial charge in [-0.2, -0.15) is 0 Å². The van der Waals surface area contributed by atoms with E-state index in [4.69, 9.17) is 18.9 Å². The van der Waals surface area contributed by atoms with Gasteiger partial charge in [-0.1, -0.05) is 60.7 Å². The Morgan fingerprint density at radius 3 is 1.67 bits per heavy atom. The van der Waals surface area contributed by atoms with E-state index in [1.165, 1.54) is 21.9 Å². The third-order valence-corrected chi connectivity index (χ3v) is 11.8. The van der Waals surface area contributed by atoms with E-state index >= 15 is 0 Å². The highest BCUT2D eigenvalue weighted by Crippen LogP contribution is 2.44. The molecule has 0 aliphatic carbocycles. The molecular weight excluding hydrogens is 814 g/mol. The molecule has 4 aliphatic heterocycles. The molecule has 0 saturated carbocycles. The molecule has 3 aromatic carbocycles. The molecule has 4 aliphatic rings. The first kappa shape index (κ1) is 44.7. The van der Waals surface area contributed by atoms with Gasteiger partial charge in [-0.05, 0) is 89.3 Å². The lowest BCUT2D eigenvalue weighted by atomic mass is 9.91. The second-order valence-electron chi connectivity index (χ2n) is 18.4. The summed E-state index contributed by atoms with van der Waals surface area (Å²) in [4.78, 5) is 72.8. The Labute approximate surface area is 366 Å². The Morgan fingerprint density at radius 1 is 0.667 bits per heavy atom. The number of aromatic nitrogens is 1. The van der Waals surface area contributed by atoms with Crippen LogP contribution in [0.5, 0.6) is 0 Å². The summed E-state index contributed by atoms with van der Waals surface area (Å²) in [5.41, 5.74) is 2.08. The zero-order valence-electron chi connectivity index (χ0n) is 36.5. The lowest BCUT2D eigenvalue weighted by molar-refractivity contribution is -0.142. The molecule has 4 fully saturated rings. The van der Waals surface area contributed by atoms with Gasteiger partial charge in [0.1, 0.15) is 30.2 Å². The fourth-order valence-electron chi connectivity index (χ4n) is 9.19. The zero-order chi connectivity index (χ0) is 45.2. The van der Waals surface area contributed by atoms with Crippen LogP contribution < -0.4 is 0 Å². The van der Waals surface area contributed by atoms with Gasteiger partial charge in [0.2, 0.25) is 0 Å². The van der Waals surface area contributed by atoms with Crippen LogP contribution in [0.3, 0.4) is 0 Å². The molecule has 0 spiro atoms. The minimum absolute atomic E-state index is 0.0115. The van der Waals surface area contributed by atoms with Crippen LogP contribution in [0.2, 0.25) is 0 Å². The highest BCUT2D eigenvalue weighted by Gasteiger charge is 2.56. The predicted octanol–water partition coefficient (Wildman–Crippen LogP) is 8.14. The summed E-state index contributed by atoms with van der Waals surface area (Å²) in [6, 6.07) is 22.0. The molecule has 0 radical (unpaired) electrons. The van der Waals surface area contributed by atoms with E-state index in [2.05, 4.69) is 4.98 Å². The third-order valence-electron chi connectivity index (χ3n) is 11.8. The van der Waals surface area contributed by atoms with Gasteiger partial charge in [-0.15, -0.1) is 0 Å². The number of H-pyrrole nitrogens is 1. The molecule has 5 heterocycles. The lowest BCUT2D eigenvalue weighted by Gasteiger charge is -2.31. The van der Waals surface area contributed by atoms with Crippen LogP contribution in [0.1, 0.15) is 77.0 Å². The molecule has 63 heavy (non-hydrogen) atoms. The second kappa shape index (κ2) is 18.2. The van der Waals surface area contributed by atoms with Crippen molar-refractivity contribution in [2.75, 3.05) is 26.2 Å². The van der Waals surface area contributed by atoms with Crippen molar-refractivity contribution in [1.29, 1.82) is 0 Å². The molecule has 4 saturated heterocycles. The molecule has 1 unspecified atom stereocenters. The predicted molar refractivity (Wildman–Crippen MR) is 229 cm³/mol. The highest BCUT2D eigenvalue weighted by atomic mass is 19.1. The molecule has 8 rings (SSSR count). The van der Waals surface area contributed by atoms with Gasteiger partial charge in [0.25, 0.3) is 0 Å². The van der Waals surface area contributed by atoms with Crippen LogP contribution in [-0.4, -0.2) is 122 Å². The number of carboxylic acids is 1. The van der Waals surface area contributed by atoms with Gasteiger partial charge in [-0.25, -0.2) is 23.6 Å². The van der Waals surface area contributed by atoms with Crippen molar-refractivity contribution in [3.8, 4) is 0 Å². The standard InChI is InChI=1S/C27H30FN3O4.C20H26N2O6/c1-27(2,3)35-26(33)30-12-11-23-24(30)21(20-14-29-22-13-18(28)9-10-19(20)22)15-31(23)25(32)34-16-17-7-5-4-6-8-17;1-20(2,3)28-19(26)21-10-9-15-16(21)14(17(23)24)11-22(15)18(25)27-12-13-7-5-4-6-8-13/h4-10,13-14,21,23-24,29H,11-12,15-16H2,1-3H3;4-8,14-16H,9-12H2,1-3H3,(H,23,24)/t21?,23-,24-;14-,15+,16+/m10/s1. The van der Waals surface area contributed by atoms with E-state index < -0.39 is 53.5 Å². The number of carbonyl (C=O) groups excluding carboxylic acids is 4. The highest BCUT2D eigenvalue weighted by molar-refractivity contribution is 5.85. The van der Waals surface area contributed by atoms with E-state index in [0.717, 1.165) is 22.1 Å². The van der Waals surface area contributed by atoms with Gasteiger partial charge in [0.15, 0.2) is 0 Å². The van der Waals surface area contributed by atoms with Crippen molar-refractivity contribution in [3.63, 3.8) is 0 Å². The molecule has 336 valence electrons.